The Hall–Kier alpha value is -4.56. The highest BCUT2D eigenvalue weighted by Crippen LogP contribution is 2.41. The third-order valence-electron chi connectivity index (χ3n) is 5.73. The number of carbonyl (C=O) groups is 5. The largest absolute Gasteiger partial charge is 0.543 e. The SMILES string of the molecule is CC(C)OC(=O)OOOC(=O)C(OC(=O)OC(C)C)(N(C(=O)OCc1ccccc1)C(=O)OCc1ccccc1)C(C)(C)CCl. The van der Waals surface area contributed by atoms with Gasteiger partial charge in [0.1, 0.15) is 13.2 Å². The standard InChI is InChI=1S/C30H36ClNO13/c1-20(2)40-27(36)42-30(29(5,6)19-31,24(33)43-45-44-28(37)41-21(3)4)32(25(34)38-17-22-13-9-7-10-14-22)26(35)39-18-23-15-11-8-12-16-23/h7-16,20-21H,17-19H2,1-6H3. The Morgan fingerprint density at radius 3 is 1.58 bits per heavy atom. The minimum Gasteiger partial charge on any atom is -0.444 e. The lowest BCUT2D eigenvalue weighted by Gasteiger charge is -2.45. The average molecular weight is 654 g/mol. The molecule has 0 aliphatic carbocycles. The van der Waals surface area contributed by atoms with Crippen LogP contribution in [0, 0.1) is 5.41 Å². The van der Waals surface area contributed by atoms with Crippen LogP contribution in [0.25, 0.3) is 0 Å². The monoisotopic (exact) mass is 653 g/mol. The molecule has 0 heterocycles. The molecule has 2 aromatic carbocycles. The first kappa shape index (κ1) is 36.6. The highest BCUT2D eigenvalue weighted by molar-refractivity contribution is 6.18. The van der Waals surface area contributed by atoms with E-state index in [0.29, 0.717) is 11.1 Å². The van der Waals surface area contributed by atoms with Crippen LogP contribution in [0.15, 0.2) is 60.7 Å². The highest BCUT2D eigenvalue weighted by Gasteiger charge is 2.66. The summed E-state index contributed by atoms with van der Waals surface area (Å²) in [6.07, 6.45) is -7.35. The number of hydrogen-bond acceptors (Lipinski definition) is 13. The summed E-state index contributed by atoms with van der Waals surface area (Å²) in [5.41, 5.74) is -4.02. The zero-order valence-corrected chi connectivity index (χ0v) is 26.4. The Kier molecular flexibility index (Phi) is 13.9. The maximum Gasteiger partial charge on any atom is 0.543 e. The Labute approximate surface area is 265 Å². The van der Waals surface area contributed by atoms with Crippen molar-refractivity contribution in [3.05, 3.63) is 71.8 Å². The van der Waals surface area contributed by atoms with Gasteiger partial charge in [0.05, 0.1) is 22.7 Å². The molecule has 0 N–H and O–H groups in total. The van der Waals surface area contributed by atoms with E-state index in [9.17, 15) is 24.0 Å². The maximum absolute atomic E-state index is 13.9. The van der Waals surface area contributed by atoms with Gasteiger partial charge in [-0.1, -0.05) is 74.5 Å². The summed E-state index contributed by atoms with van der Waals surface area (Å²) < 4.78 is 26.0. The predicted molar refractivity (Wildman–Crippen MR) is 155 cm³/mol. The third-order valence-corrected chi connectivity index (χ3v) is 6.39. The molecule has 0 radical (unpaired) electrons. The molecule has 0 saturated heterocycles. The van der Waals surface area contributed by atoms with E-state index in [1.165, 1.54) is 41.5 Å². The number of benzene rings is 2. The van der Waals surface area contributed by atoms with Crippen LogP contribution in [0.1, 0.15) is 52.7 Å². The Morgan fingerprint density at radius 1 is 0.711 bits per heavy atom. The summed E-state index contributed by atoms with van der Waals surface area (Å²) in [5, 5.41) is 4.30. The predicted octanol–water partition coefficient (Wildman–Crippen LogP) is 6.44. The lowest BCUT2D eigenvalue weighted by atomic mass is 9.81. The van der Waals surface area contributed by atoms with Crippen LogP contribution in [-0.2, 0) is 56.5 Å². The van der Waals surface area contributed by atoms with Crippen molar-refractivity contribution in [2.75, 3.05) is 5.88 Å². The summed E-state index contributed by atoms with van der Waals surface area (Å²) in [6, 6.07) is 16.7. The van der Waals surface area contributed by atoms with Gasteiger partial charge in [-0.05, 0) is 38.8 Å². The lowest BCUT2D eigenvalue weighted by Crippen LogP contribution is -2.70. The van der Waals surface area contributed by atoms with Crippen molar-refractivity contribution in [2.45, 2.75) is 72.7 Å². The van der Waals surface area contributed by atoms with Crippen molar-refractivity contribution >= 4 is 42.1 Å². The van der Waals surface area contributed by atoms with Crippen LogP contribution in [0.3, 0.4) is 0 Å². The molecule has 2 aromatic rings. The van der Waals surface area contributed by atoms with E-state index in [4.69, 9.17) is 35.3 Å². The summed E-state index contributed by atoms with van der Waals surface area (Å²) in [7, 11) is 0. The smallest absolute Gasteiger partial charge is 0.444 e. The fourth-order valence-corrected chi connectivity index (χ4v) is 3.75. The summed E-state index contributed by atoms with van der Waals surface area (Å²) >= 11 is 6.23. The zero-order valence-electron chi connectivity index (χ0n) is 25.7. The normalized spacial score (nSPS) is 12.4. The van der Waals surface area contributed by atoms with Crippen LogP contribution in [0.5, 0.6) is 0 Å². The van der Waals surface area contributed by atoms with E-state index in [0.717, 1.165) is 0 Å². The van der Waals surface area contributed by atoms with Crippen LogP contribution in [-0.4, -0.2) is 59.2 Å². The van der Waals surface area contributed by atoms with Gasteiger partial charge in [0.25, 0.3) is 0 Å². The number of amides is 2. The van der Waals surface area contributed by atoms with Gasteiger partial charge in [0, 0.05) is 5.88 Å². The first-order valence-corrected chi connectivity index (χ1v) is 14.2. The summed E-state index contributed by atoms with van der Waals surface area (Å²) in [4.78, 5) is 75.2. The van der Waals surface area contributed by atoms with E-state index >= 15 is 0 Å². The maximum atomic E-state index is 13.9. The average Bonchev–Trinajstić information content (AvgIpc) is 2.98. The van der Waals surface area contributed by atoms with E-state index < -0.39 is 59.7 Å². The Morgan fingerprint density at radius 2 is 1.16 bits per heavy atom. The number of hydrogen-bond donors (Lipinski definition) is 0. The third kappa shape index (κ3) is 10.5. The van der Waals surface area contributed by atoms with Crippen LogP contribution < -0.4 is 0 Å². The molecule has 0 fully saturated rings. The second-order valence-corrected chi connectivity index (χ2v) is 10.8. The number of nitrogens with zero attached hydrogens (tertiary/aromatic N) is 1. The molecule has 2 amide bonds. The molecular weight excluding hydrogens is 618 g/mol. The topological polar surface area (TPSA) is 162 Å². The van der Waals surface area contributed by atoms with E-state index in [1.54, 1.807) is 60.7 Å². The highest BCUT2D eigenvalue weighted by atomic mass is 35.5. The first-order chi connectivity index (χ1) is 21.2. The van der Waals surface area contributed by atoms with Crippen LogP contribution in [0.2, 0.25) is 0 Å². The van der Waals surface area contributed by atoms with Gasteiger partial charge >= 0.3 is 36.2 Å². The zero-order chi connectivity index (χ0) is 33.6. The first-order valence-electron chi connectivity index (χ1n) is 13.7. The van der Waals surface area contributed by atoms with Crippen molar-refractivity contribution < 1.29 is 62.5 Å². The van der Waals surface area contributed by atoms with Crippen LogP contribution in [0.4, 0.5) is 19.2 Å². The molecule has 0 aliphatic heterocycles. The molecule has 246 valence electrons. The molecule has 0 bridgehead atoms. The molecule has 0 spiro atoms. The minimum atomic E-state index is -3.15. The minimum absolute atomic E-state index is 0.0843. The van der Waals surface area contributed by atoms with Gasteiger partial charge in [-0.3, -0.25) is 4.89 Å². The molecule has 0 aromatic heterocycles. The number of alkyl halides is 1. The molecule has 45 heavy (non-hydrogen) atoms. The molecule has 1 atom stereocenters. The van der Waals surface area contributed by atoms with Gasteiger partial charge in [0.2, 0.25) is 0 Å². The fourth-order valence-electron chi connectivity index (χ4n) is 3.57. The number of rotatable bonds is 13. The molecule has 0 saturated carbocycles. The molecular formula is C30H36ClNO13. The summed E-state index contributed by atoms with van der Waals surface area (Å²) in [6.45, 7) is 7.73. The van der Waals surface area contributed by atoms with Gasteiger partial charge < -0.3 is 23.7 Å². The van der Waals surface area contributed by atoms with E-state index in [2.05, 4.69) is 14.8 Å². The van der Waals surface area contributed by atoms with Gasteiger partial charge in [-0.15, -0.1) is 11.6 Å². The second-order valence-electron chi connectivity index (χ2n) is 10.5. The molecule has 15 heteroatoms. The van der Waals surface area contributed by atoms with Gasteiger partial charge in [0.15, 0.2) is 0 Å². The number of imide groups is 1. The molecule has 0 aliphatic rings. The lowest BCUT2D eigenvalue weighted by molar-refractivity contribution is -0.465. The Balaban J connectivity index is 2.63. The summed E-state index contributed by atoms with van der Waals surface area (Å²) in [5.74, 6) is -2.32. The van der Waals surface area contributed by atoms with Crippen molar-refractivity contribution in [3.8, 4) is 0 Å². The van der Waals surface area contributed by atoms with Crippen molar-refractivity contribution in [2.24, 2.45) is 5.41 Å². The molecule has 1 unspecified atom stereocenters. The second kappa shape index (κ2) is 17.1. The van der Waals surface area contributed by atoms with Crippen molar-refractivity contribution in [1.82, 2.24) is 4.90 Å². The van der Waals surface area contributed by atoms with Crippen molar-refractivity contribution in [1.29, 1.82) is 0 Å². The van der Waals surface area contributed by atoms with Crippen LogP contribution >= 0.6 is 11.6 Å². The molecule has 2 rings (SSSR count). The molecule has 14 nitrogen and oxygen atoms in total. The Bertz CT molecular complexity index is 1230. The van der Waals surface area contributed by atoms with Crippen molar-refractivity contribution in [3.63, 3.8) is 0 Å². The number of ether oxygens (including phenoxy) is 5. The van der Waals surface area contributed by atoms with Gasteiger partial charge in [-0.2, -0.15) is 4.90 Å². The van der Waals surface area contributed by atoms with E-state index in [1.807, 2.05) is 0 Å². The quantitative estimate of drug-likeness (QED) is 0.0580. The van der Waals surface area contributed by atoms with E-state index in [-0.39, 0.29) is 18.1 Å². The fraction of sp³-hybridized carbons (Fsp3) is 0.433. The number of carbonyl (C=O) groups excluding carboxylic acids is 5. The number of halogens is 1. The van der Waals surface area contributed by atoms with Gasteiger partial charge in [-0.25, -0.2) is 28.9 Å².